The van der Waals surface area contributed by atoms with Crippen LogP contribution in [0.2, 0.25) is 5.02 Å². The van der Waals surface area contributed by atoms with Crippen LogP contribution in [0.5, 0.6) is 0 Å². The van der Waals surface area contributed by atoms with E-state index < -0.39 is 5.92 Å². The van der Waals surface area contributed by atoms with E-state index in [-0.39, 0.29) is 17.9 Å². The average molecular weight is 466 g/mol. The van der Waals surface area contributed by atoms with Gasteiger partial charge in [-0.15, -0.1) is 11.3 Å². The topological polar surface area (TPSA) is 43.9 Å². The first kappa shape index (κ1) is 21.0. The summed E-state index contributed by atoms with van der Waals surface area (Å²) in [4.78, 5) is 34.0. The van der Waals surface area contributed by atoms with Crippen molar-refractivity contribution in [2.24, 2.45) is 0 Å². The van der Waals surface area contributed by atoms with Crippen LogP contribution in [-0.2, 0) is 4.79 Å². The third-order valence-electron chi connectivity index (χ3n) is 6.45. The maximum atomic E-state index is 13.9. The van der Waals surface area contributed by atoms with Crippen molar-refractivity contribution in [2.75, 3.05) is 38.1 Å². The molecule has 0 saturated carbocycles. The van der Waals surface area contributed by atoms with E-state index in [1.807, 2.05) is 70.9 Å². The third-order valence-corrected chi connectivity index (χ3v) is 7.62. The van der Waals surface area contributed by atoms with Crippen LogP contribution in [0.4, 0.5) is 5.69 Å². The van der Waals surface area contributed by atoms with Crippen LogP contribution in [0.1, 0.15) is 32.8 Å². The second-order valence-electron chi connectivity index (χ2n) is 8.23. The van der Waals surface area contributed by atoms with Gasteiger partial charge in [0.25, 0.3) is 5.91 Å². The molecule has 2 amide bonds. The Morgan fingerprint density at radius 1 is 1.00 bits per heavy atom. The Morgan fingerprint density at radius 2 is 1.78 bits per heavy atom. The quantitative estimate of drug-likeness (QED) is 0.565. The lowest BCUT2D eigenvalue weighted by atomic mass is 9.81. The van der Waals surface area contributed by atoms with Gasteiger partial charge in [0.15, 0.2) is 0 Å². The number of likely N-dealkylation sites (N-methyl/N-ethyl adjacent to an activating group) is 1. The summed E-state index contributed by atoms with van der Waals surface area (Å²) in [5.74, 6) is -0.361. The Balaban J connectivity index is 1.43. The van der Waals surface area contributed by atoms with Crippen molar-refractivity contribution in [1.82, 2.24) is 9.80 Å². The minimum absolute atomic E-state index is 0.0335. The van der Waals surface area contributed by atoms with Gasteiger partial charge >= 0.3 is 0 Å². The molecule has 7 heteroatoms. The van der Waals surface area contributed by atoms with Crippen LogP contribution in [-0.4, -0.2) is 54.8 Å². The van der Waals surface area contributed by atoms with E-state index in [0.717, 1.165) is 29.2 Å². The summed E-state index contributed by atoms with van der Waals surface area (Å²) in [5, 5.41) is 2.71. The minimum Gasteiger partial charge on any atom is -0.368 e. The van der Waals surface area contributed by atoms with Gasteiger partial charge in [-0.3, -0.25) is 9.59 Å². The molecule has 5 nitrogen and oxygen atoms in total. The number of rotatable bonds is 3. The van der Waals surface area contributed by atoms with E-state index in [9.17, 15) is 9.59 Å². The highest BCUT2D eigenvalue weighted by atomic mass is 35.5. The number of carbonyl (C=O) groups is 2. The first-order valence-corrected chi connectivity index (χ1v) is 12.0. The predicted octanol–water partition coefficient (Wildman–Crippen LogP) is 4.66. The van der Waals surface area contributed by atoms with Crippen molar-refractivity contribution in [3.05, 3.63) is 87.1 Å². The molecule has 2 atom stereocenters. The summed E-state index contributed by atoms with van der Waals surface area (Å²) in [5.41, 5.74) is 2.53. The number of hydrogen-bond acceptors (Lipinski definition) is 4. The van der Waals surface area contributed by atoms with E-state index in [0.29, 0.717) is 23.7 Å². The molecular weight excluding hydrogens is 442 g/mol. The van der Waals surface area contributed by atoms with Gasteiger partial charge in [-0.2, -0.15) is 0 Å². The van der Waals surface area contributed by atoms with Crippen LogP contribution >= 0.6 is 22.9 Å². The summed E-state index contributed by atoms with van der Waals surface area (Å²) < 4.78 is 0. The molecular formula is C25H24ClN3O2S. The molecule has 164 valence electrons. The highest BCUT2D eigenvalue weighted by Gasteiger charge is 2.44. The van der Waals surface area contributed by atoms with Gasteiger partial charge in [0.1, 0.15) is 0 Å². The summed E-state index contributed by atoms with van der Waals surface area (Å²) >= 11 is 7.75. The Bertz CT molecular complexity index is 1140. The molecule has 5 rings (SSSR count). The highest BCUT2D eigenvalue weighted by Crippen LogP contribution is 2.44. The maximum Gasteiger partial charge on any atom is 0.254 e. The van der Waals surface area contributed by atoms with E-state index in [1.165, 1.54) is 0 Å². The average Bonchev–Trinajstić information content (AvgIpc) is 3.35. The fourth-order valence-corrected chi connectivity index (χ4v) is 5.90. The third kappa shape index (κ3) is 3.67. The van der Waals surface area contributed by atoms with Crippen LogP contribution in [0.15, 0.2) is 66.0 Å². The summed E-state index contributed by atoms with van der Waals surface area (Å²) in [6.45, 7) is 2.77. The van der Waals surface area contributed by atoms with E-state index in [2.05, 4.69) is 4.90 Å². The normalized spacial score (nSPS) is 20.9. The Hall–Kier alpha value is -2.83. The molecule has 0 unspecified atom stereocenters. The Kier molecular flexibility index (Phi) is 5.66. The zero-order valence-electron chi connectivity index (χ0n) is 17.8. The molecule has 0 bridgehead atoms. The Morgan fingerprint density at radius 3 is 2.50 bits per heavy atom. The number of anilines is 1. The number of benzene rings is 2. The summed E-state index contributed by atoms with van der Waals surface area (Å²) in [6.07, 6.45) is 0. The molecule has 1 aromatic heterocycles. The zero-order chi connectivity index (χ0) is 22.2. The van der Waals surface area contributed by atoms with E-state index in [4.69, 9.17) is 11.6 Å². The van der Waals surface area contributed by atoms with Crippen LogP contribution < -0.4 is 4.90 Å². The molecule has 0 radical (unpaired) electrons. The van der Waals surface area contributed by atoms with E-state index in [1.54, 1.807) is 23.3 Å². The van der Waals surface area contributed by atoms with Gasteiger partial charge in [0.2, 0.25) is 5.91 Å². The molecule has 32 heavy (non-hydrogen) atoms. The van der Waals surface area contributed by atoms with Crippen LogP contribution in [0.3, 0.4) is 0 Å². The first-order valence-electron chi connectivity index (χ1n) is 10.7. The molecule has 1 fully saturated rings. The lowest BCUT2D eigenvalue weighted by Gasteiger charge is -2.43. The van der Waals surface area contributed by atoms with Crippen molar-refractivity contribution in [3.8, 4) is 0 Å². The molecule has 0 spiro atoms. The number of nitrogens with zero attached hydrogens (tertiary/aromatic N) is 3. The fraction of sp³-hybridized carbons (Fsp3) is 0.280. The largest absolute Gasteiger partial charge is 0.368 e. The van der Waals surface area contributed by atoms with Gasteiger partial charge in [0, 0.05) is 54.4 Å². The first-order chi connectivity index (χ1) is 15.5. The molecule has 2 aromatic carbocycles. The number of carbonyl (C=O) groups excluding carboxylic acids is 2. The second kappa shape index (κ2) is 8.60. The number of thiophene rings is 1. The van der Waals surface area contributed by atoms with Crippen molar-refractivity contribution < 1.29 is 9.59 Å². The summed E-state index contributed by atoms with van der Waals surface area (Å²) in [7, 11) is 1.81. The smallest absolute Gasteiger partial charge is 0.254 e. The van der Waals surface area contributed by atoms with Crippen molar-refractivity contribution in [1.29, 1.82) is 0 Å². The maximum absolute atomic E-state index is 13.9. The monoisotopic (exact) mass is 465 g/mol. The standard InChI is InChI=1S/C25H24ClN3O2S/c1-27-23(21-10-5-15-32-21)22(19-8-2-3-9-20(19)24(27)30)25(31)29-13-11-28(12-14-29)18-7-4-6-17(26)16-18/h2-10,15-16,22-23H,11-14H2,1H3/t22-,23+/m1/s1. The Labute approximate surface area is 196 Å². The lowest BCUT2D eigenvalue weighted by molar-refractivity contribution is -0.134. The number of piperazine rings is 1. The number of halogens is 1. The van der Waals surface area contributed by atoms with Crippen LogP contribution in [0.25, 0.3) is 0 Å². The number of amides is 2. The van der Waals surface area contributed by atoms with Gasteiger partial charge < -0.3 is 14.7 Å². The molecule has 0 N–H and O–H groups in total. The van der Waals surface area contributed by atoms with Gasteiger partial charge in [-0.25, -0.2) is 0 Å². The SMILES string of the molecule is CN1C(=O)c2ccccc2[C@@H](C(=O)N2CCN(c3cccc(Cl)c3)CC2)[C@@H]1c1cccs1. The second-order valence-corrected chi connectivity index (χ2v) is 9.65. The molecule has 0 aliphatic carbocycles. The highest BCUT2D eigenvalue weighted by molar-refractivity contribution is 7.10. The fourth-order valence-electron chi connectivity index (χ4n) is 4.81. The van der Waals surface area contributed by atoms with Crippen molar-refractivity contribution >= 4 is 40.4 Å². The molecule has 3 heterocycles. The van der Waals surface area contributed by atoms with E-state index >= 15 is 0 Å². The molecule has 1 saturated heterocycles. The molecule has 2 aliphatic rings. The van der Waals surface area contributed by atoms with Crippen molar-refractivity contribution in [3.63, 3.8) is 0 Å². The van der Waals surface area contributed by atoms with Crippen LogP contribution in [0, 0.1) is 0 Å². The van der Waals surface area contributed by atoms with Gasteiger partial charge in [0.05, 0.1) is 12.0 Å². The predicted molar refractivity (Wildman–Crippen MR) is 129 cm³/mol. The van der Waals surface area contributed by atoms with Gasteiger partial charge in [-0.05, 0) is 41.3 Å². The van der Waals surface area contributed by atoms with Crippen molar-refractivity contribution in [2.45, 2.75) is 12.0 Å². The molecule has 2 aliphatic heterocycles. The lowest BCUT2D eigenvalue weighted by Crippen LogP contribution is -2.53. The minimum atomic E-state index is -0.412. The zero-order valence-corrected chi connectivity index (χ0v) is 19.4. The van der Waals surface area contributed by atoms with Gasteiger partial charge in [-0.1, -0.05) is 41.9 Å². The molecule has 3 aromatic rings. The summed E-state index contributed by atoms with van der Waals surface area (Å²) in [6, 6.07) is 19.1. The number of fused-ring (bicyclic) bond motifs is 1. The number of hydrogen-bond donors (Lipinski definition) is 0.